The number of rotatable bonds is 21. The summed E-state index contributed by atoms with van der Waals surface area (Å²) in [6.07, 6.45) is 13.8. The van der Waals surface area contributed by atoms with Gasteiger partial charge in [0.2, 0.25) is 0 Å². The van der Waals surface area contributed by atoms with Crippen LogP contribution in [-0.4, -0.2) is 44.7 Å². The van der Waals surface area contributed by atoms with E-state index in [2.05, 4.69) is 38.1 Å². The molecule has 0 spiro atoms. The highest BCUT2D eigenvalue weighted by molar-refractivity contribution is 5.24. The molecule has 0 saturated heterocycles. The van der Waals surface area contributed by atoms with E-state index in [1.54, 1.807) is 0 Å². The molecule has 4 nitrogen and oxygen atoms in total. The lowest BCUT2D eigenvalue weighted by atomic mass is 9.94. The van der Waals surface area contributed by atoms with Crippen molar-refractivity contribution in [2.75, 3.05) is 39.6 Å². The first-order valence-corrected chi connectivity index (χ1v) is 12.2. The van der Waals surface area contributed by atoms with Gasteiger partial charge in [0.1, 0.15) is 0 Å². The largest absolute Gasteiger partial charge is 0.394 e. The zero-order valence-corrected chi connectivity index (χ0v) is 19.6. The molecule has 0 heterocycles. The molecular weight excluding hydrogens is 376 g/mol. The first-order chi connectivity index (χ1) is 14.8. The van der Waals surface area contributed by atoms with Gasteiger partial charge in [0, 0.05) is 0 Å². The van der Waals surface area contributed by atoms with Crippen LogP contribution >= 0.6 is 0 Å². The normalized spacial score (nSPS) is 12.4. The summed E-state index contributed by atoms with van der Waals surface area (Å²) in [7, 11) is 0. The number of aliphatic hydroxyl groups excluding tert-OH is 1. The van der Waals surface area contributed by atoms with Crippen LogP contribution in [0.4, 0.5) is 0 Å². The SMILES string of the molecule is CCCCCCCCCCCC(C)c1ccc(COCCOCCOCCO)cc1. The molecule has 0 radical (unpaired) electrons. The van der Waals surface area contributed by atoms with Gasteiger partial charge in [-0.25, -0.2) is 0 Å². The highest BCUT2D eigenvalue weighted by Crippen LogP contribution is 2.23. The lowest BCUT2D eigenvalue weighted by Crippen LogP contribution is -2.10. The third-order valence-electron chi connectivity index (χ3n) is 5.54. The predicted octanol–water partition coefficient (Wildman–Crippen LogP) is 6.25. The maximum Gasteiger partial charge on any atom is 0.0718 e. The van der Waals surface area contributed by atoms with Gasteiger partial charge >= 0.3 is 0 Å². The molecule has 0 aliphatic rings. The van der Waals surface area contributed by atoms with Crippen molar-refractivity contribution >= 4 is 0 Å². The Hall–Kier alpha value is -0.940. The molecule has 1 aromatic rings. The molecule has 0 aliphatic carbocycles. The fraction of sp³-hybridized carbons (Fsp3) is 0.769. The average molecular weight is 423 g/mol. The minimum Gasteiger partial charge on any atom is -0.394 e. The van der Waals surface area contributed by atoms with Crippen LogP contribution in [0.15, 0.2) is 24.3 Å². The van der Waals surface area contributed by atoms with E-state index >= 15 is 0 Å². The molecule has 1 atom stereocenters. The van der Waals surface area contributed by atoms with Gasteiger partial charge in [-0.15, -0.1) is 0 Å². The van der Waals surface area contributed by atoms with Crippen LogP contribution in [0.3, 0.4) is 0 Å². The van der Waals surface area contributed by atoms with E-state index in [1.807, 2.05) is 0 Å². The second-order valence-electron chi connectivity index (χ2n) is 8.26. The molecule has 1 rings (SSSR count). The van der Waals surface area contributed by atoms with Crippen molar-refractivity contribution < 1.29 is 19.3 Å². The second-order valence-corrected chi connectivity index (χ2v) is 8.26. The smallest absolute Gasteiger partial charge is 0.0718 e. The second kappa shape index (κ2) is 20.0. The minimum absolute atomic E-state index is 0.0555. The quantitative estimate of drug-likeness (QED) is 0.238. The first-order valence-electron chi connectivity index (χ1n) is 12.2. The minimum atomic E-state index is 0.0555. The number of hydrogen-bond donors (Lipinski definition) is 1. The Kier molecular flexibility index (Phi) is 18.1. The highest BCUT2D eigenvalue weighted by atomic mass is 16.5. The molecule has 0 aromatic heterocycles. The topological polar surface area (TPSA) is 47.9 Å². The molecule has 174 valence electrons. The molecule has 1 N–H and O–H groups in total. The lowest BCUT2D eigenvalue weighted by Gasteiger charge is -2.13. The van der Waals surface area contributed by atoms with Crippen molar-refractivity contribution in [3.63, 3.8) is 0 Å². The Morgan fingerprint density at radius 2 is 1.23 bits per heavy atom. The van der Waals surface area contributed by atoms with Crippen LogP contribution in [0.25, 0.3) is 0 Å². The van der Waals surface area contributed by atoms with E-state index in [0.717, 1.165) is 0 Å². The molecule has 0 bridgehead atoms. The highest BCUT2D eigenvalue weighted by Gasteiger charge is 2.05. The number of benzene rings is 1. The molecule has 4 heteroatoms. The number of aliphatic hydroxyl groups is 1. The molecule has 0 aliphatic heterocycles. The van der Waals surface area contributed by atoms with Gasteiger partial charge in [0.15, 0.2) is 0 Å². The van der Waals surface area contributed by atoms with Gasteiger partial charge in [0.05, 0.1) is 46.2 Å². The summed E-state index contributed by atoms with van der Waals surface area (Å²) in [6.45, 7) is 7.87. The van der Waals surface area contributed by atoms with Crippen molar-refractivity contribution in [2.45, 2.75) is 90.6 Å². The van der Waals surface area contributed by atoms with E-state index in [-0.39, 0.29) is 6.61 Å². The summed E-state index contributed by atoms with van der Waals surface area (Å²) in [5.41, 5.74) is 2.64. The Balaban J connectivity index is 2.02. The van der Waals surface area contributed by atoms with Gasteiger partial charge in [-0.05, 0) is 23.5 Å². The lowest BCUT2D eigenvalue weighted by molar-refractivity contribution is 0.00450. The summed E-state index contributed by atoms with van der Waals surface area (Å²) < 4.78 is 16.2. The Bertz CT molecular complexity index is 474. The zero-order chi connectivity index (χ0) is 21.7. The molecule has 30 heavy (non-hydrogen) atoms. The third kappa shape index (κ3) is 15.0. The van der Waals surface area contributed by atoms with Gasteiger partial charge in [-0.1, -0.05) is 95.9 Å². The van der Waals surface area contributed by atoms with Gasteiger partial charge in [-0.3, -0.25) is 0 Å². The summed E-state index contributed by atoms with van der Waals surface area (Å²) in [6, 6.07) is 8.88. The van der Waals surface area contributed by atoms with Crippen molar-refractivity contribution in [2.24, 2.45) is 0 Å². The summed E-state index contributed by atoms with van der Waals surface area (Å²) in [5.74, 6) is 0.631. The standard InChI is InChI=1S/C26H46O4/c1-3-4-5-6-7-8-9-10-11-12-24(2)26-15-13-25(14-16-26)23-30-22-21-29-20-19-28-18-17-27/h13-16,24,27H,3-12,17-23H2,1-2H3. The molecular formula is C26H46O4. The Labute approximate surface area is 185 Å². The van der Waals surface area contributed by atoms with Crippen LogP contribution in [0.1, 0.15) is 95.1 Å². The first kappa shape index (κ1) is 27.1. The molecule has 0 fully saturated rings. The van der Waals surface area contributed by atoms with Gasteiger partial charge in [-0.2, -0.15) is 0 Å². The van der Waals surface area contributed by atoms with E-state index in [9.17, 15) is 0 Å². The van der Waals surface area contributed by atoms with Crippen LogP contribution < -0.4 is 0 Å². The van der Waals surface area contributed by atoms with Crippen molar-refractivity contribution in [1.29, 1.82) is 0 Å². The van der Waals surface area contributed by atoms with E-state index in [4.69, 9.17) is 19.3 Å². The number of ether oxygens (including phenoxy) is 3. The Morgan fingerprint density at radius 1 is 0.700 bits per heavy atom. The van der Waals surface area contributed by atoms with Crippen molar-refractivity contribution in [3.8, 4) is 0 Å². The molecule has 0 saturated carbocycles. The number of hydrogen-bond acceptors (Lipinski definition) is 4. The zero-order valence-electron chi connectivity index (χ0n) is 19.6. The summed E-state index contributed by atoms with van der Waals surface area (Å²) in [5, 5.41) is 8.60. The van der Waals surface area contributed by atoms with Crippen LogP contribution in [-0.2, 0) is 20.8 Å². The van der Waals surface area contributed by atoms with Crippen LogP contribution in [0.5, 0.6) is 0 Å². The monoisotopic (exact) mass is 422 g/mol. The van der Waals surface area contributed by atoms with Gasteiger partial charge in [0.25, 0.3) is 0 Å². The molecule has 1 aromatic carbocycles. The van der Waals surface area contributed by atoms with Crippen molar-refractivity contribution in [3.05, 3.63) is 35.4 Å². The van der Waals surface area contributed by atoms with Crippen LogP contribution in [0, 0.1) is 0 Å². The summed E-state index contributed by atoms with van der Waals surface area (Å²) in [4.78, 5) is 0. The average Bonchev–Trinajstić information content (AvgIpc) is 2.77. The van der Waals surface area contributed by atoms with Gasteiger partial charge < -0.3 is 19.3 Å². The fourth-order valence-electron chi connectivity index (χ4n) is 3.56. The maximum absolute atomic E-state index is 8.60. The predicted molar refractivity (Wildman–Crippen MR) is 125 cm³/mol. The molecule has 1 unspecified atom stereocenters. The van der Waals surface area contributed by atoms with Crippen molar-refractivity contribution in [1.82, 2.24) is 0 Å². The summed E-state index contributed by atoms with van der Waals surface area (Å²) >= 11 is 0. The van der Waals surface area contributed by atoms with Crippen LogP contribution in [0.2, 0.25) is 0 Å². The third-order valence-corrected chi connectivity index (χ3v) is 5.54. The maximum atomic E-state index is 8.60. The van der Waals surface area contributed by atoms with E-state index in [1.165, 1.54) is 75.3 Å². The number of unbranched alkanes of at least 4 members (excludes halogenated alkanes) is 8. The van der Waals surface area contributed by atoms with E-state index in [0.29, 0.717) is 45.6 Å². The fourth-order valence-corrected chi connectivity index (χ4v) is 3.56. The molecule has 0 amide bonds. The Morgan fingerprint density at radius 3 is 1.83 bits per heavy atom. The van der Waals surface area contributed by atoms with E-state index < -0.39 is 0 Å².